The van der Waals surface area contributed by atoms with Crippen molar-refractivity contribution in [3.05, 3.63) is 104 Å². The van der Waals surface area contributed by atoms with E-state index in [1.165, 1.54) is 34.8 Å². The second-order valence-corrected chi connectivity index (χ2v) is 13.7. The lowest BCUT2D eigenvalue weighted by atomic mass is 9.96. The smallest absolute Gasteiger partial charge is 0.227 e. The summed E-state index contributed by atoms with van der Waals surface area (Å²) in [5.41, 5.74) is 5.04. The highest BCUT2D eigenvalue weighted by atomic mass is 35.5. The van der Waals surface area contributed by atoms with Gasteiger partial charge < -0.3 is 0 Å². The summed E-state index contributed by atoms with van der Waals surface area (Å²) in [7, 11) is -4.16. The number of aromatic nitrogens is 3. The lowest BCUT2D eigenvalue weighted by Gasteiger charge is -2.10. The zero-order chi connectivity index (χ0) is 27.9. The molecule has 6 nitrogen and oxygen atoms in total. The number of hydrogen-bond acceptors (Lipinski definition) is 6. The molecule has 3 aromatic heterocycles. The van der Waals surface area contributed by atoms with Crippen LogP contribution in [0, 0.1) is 23.6 Å². The average molecular weight is 609 g/mol. The Hall–Kier alpha value is -3.33. The number of nitrogens with two attached hydrogens (primary N) is 1. The number of hydrogen-bond donors (Lipinski definition) is 1. The van der Waals surface area contributed by atoms with Crippen molar-refractivity contribution in [3.8, 4) is 28.2 Å². The molecule has 3 heterocycles. The van der Waals surface area contributed by atoms with Gasteiger partial charge in [0.05, 0.1) is 20.6 Å². The fraction of sp³-hybridized carbons (Fsp3) is 0.172. The first-order valence-corrected chi connectivity index (χ1v) is 16.1. The molecule has 0 amide bonds. The maximum atomic E-state index is 14.8. The SMILES string of the molecule is NS(=O)(=O)c1ccc(Cc2c(-c3cccc(C#Cc4ccc(Cl)s4)c3)nn(-c3nccs3)c2CC2CC2)cc1F. The third-order valence-corrected chi connectivity index (χ3v) is 9.43. The van der Waals surface area contributed by atoms with Gasteiger partial charge in [-0.15, -0.1) is 22.7 Å². The van der Waals surface area contributed by atoms with Crippen LogP contribution >= 0.6 is 34.3 Å². The molecule has 2 aromatic carbocycles. The molecule has 0 saturated heterocycles. The van der Waals surface area contributed by atoms with Gasteiger partial charge in [-0.25, -0.2) is 27.6 Å². The van der Waals surface area contributed by atoms with Crippen molar-refractivity contribution in [1.29, 1.82) is 0 Å². The van der Waals surface area contributed by atoms with Crippen molar-refractivity contribution in [2.24, 2.45) is 11.1 Å². The van der Waals surface area contributed by atoms with E-state index in [0.29, 0.717) is 22.2 Å². The molecule has 0 atom stereocenters. The number of halogens is 2. The average Bonchev–Trinajstić information content (AvgIpc) is 3.24. The van der Waals surface area contributed by atoms with Gasteiger partial charge in [0.1, 0.15) is 10.7 Å². The number of rotatable bonds is 7. The molecular formula is C29H22ClFN4O2S3. The first kappa shape index (κ1) is 26.9. The predicted octanol–water partition coefficient (Wildman–Crippen LogP) is 6.44. The van der Waals surface area contributed by atoms with E-state index in [0.717, 1.165) is 57.3 Å². The number of thiazole rings is 1. The maximum absolute atomic E-state index is 14.8. The van der Waals surface area contributed by atoms with Gasteiger partial charge in [-0.2, -0.15) is 5.10 Å². The Bertz CT molecular complexity index is 1880. The quantitative estimate of drug-likeness (QED) is 0.215. The molecule has 0 unspecified atom stereocenters. The minimum Gasteiger partial charge on any atom is -0.227 e. The highest BCUT2D eigenvalue weighted by molar-refractivity contribution is 7.89. The Kier molecular flexibility index (Phi) is 7.33. The molecule has 0 spiro atoms. The van der Waals surface area contributed by atoms with Gasteiger partial charge in [-0.05, 0) is 67.1 Å². The Morgan fingerprint density at radius 3 is 2.65 bits per heavy atom. The summed E-state index contributed by atoms with van der Waals surface area (Å²) >= 11 is 8.97. The van der Waals surface area contributed by atoms with E-state index < -0.39 is 20.7 Å². The van der Waals surface area contributed by atoms with Gasteiger partial charge in [0.15, 0.2) is 0 Å². The van der Waals surface area contributed by atoms with Crippen LogP contribution in [-0.2, 0) is 22.9 Å². The summed E-state index contributed by atoms with van der Waals surface area (Å²) in [6.45, 7) is 0. The Morgan fingerprint density at radius 2 is 1.98 bits per heavy atom. The monoisotopic (exact) mass is 608 g/mol. The topological polar surface area (TPSA) is 90.9 Å². The van der Waals surface area contributed by atoms with E-state index in [4.69, 9.17) is 21.8 Å². The summed E-state index contributed by atoms with van der Waals surface area (Å²) < 4.78 is 40.9. The summed E-state index contributed by atoms with van der Waals surface area (Å²) in [6, 6.07) is 15.6. The minimum atomic E-state index is -4.16. The van der Waals surface area contributed by atoms with E-state index in [-0.39, 0.29) is 0 Å². The summed E-state index contributed by atoms with van der Waals surface area (Å²) in [5, 5.41) is 12.9. The minimum absolute atomic E-state index is 0.355. The molecule has 0 bridgehead atoms. The lowest BCUT2D eigenvalue weighted by Crippen LogP contribution is -2.14. The molecule has 0 aliphatic heterocycles. The molecule has 1 aliphatic carbocycles. The fourth-order valence-corrected chi connectivity index (χ4v) is 6.64. The molecule has 5 aromatic rings. The number of primary sulfonamides is 1. The number of benzene rings is 2. The van der Waals surface area contributed by atoms with Crippen LogP contribution in [0.15, 0.2) is 71.1 Å². The van der Waals surface area contributed by atoms with Gasteiger partial charge in [-0.1, -0.05) is 41.6 Å². The number of nitrogens with zero attached hydrogens (tertiary/aromatic N) is 3. The second-order valence-electron chi connectivity index (χ2n) is 9.57. The van der Waals surface area contributed by atoms with Crippen molar-refractivity contribution in [3.63, 3.8) is 0 Å². The normalized spacial score (nSPS) is 13.3. The largest absolute Gasteiger partial charge is 0.240 e. The molecule has 2 N–H and O–H groups in total. The third-order valence-electron chi connectivity index (χ3n) is 6.59. The maximum Gasteiger partial charge on any atom is 0.240 e. The van der Waals surface area contributed by atoms with Crippen molar-refractivity contribution >= 4 is 44.3 Å². The highest BCUT2D eigenvalue weighted by Crippen LogP contribution is 2.38. The molecule has 40 heavy (non-hydrogen) atoms. The van der Waals surface area contributed by atoms with Crippen LogP contribution in [0.5, 0.6) is 0 Å². The van der Waals surface area contributed by atoms with Crippen LogP contribution in [0.4, 0.5) is 4.39 Å². The highest BCUT2D eigenvalue weighted by Gasteiger charge is 2.29. The van der Waals surface area contributed by atoms with Crippen molar-refractivity contribution in [2.45, 2.75) is 30.6 Å². The van der Waals surface area contributed by atoms with E-state index in [2.05, 4.69) is 16.8 Å². The molecule has 1 aliphatic rings. The first-order chi connectivity index (χ1) is 19.2. The lowest BCUT2D eigenvalue weighted by molar-refractivity contribution is 0.567. The Labute approximate surface area is 244 Å². The zero-order valence-corrected chi connectivity index (χ0v) is 24.2. The molecule has 6 rings (SSSR count). The summed E-state index contributed by atoms with van der Waals surface area (Å²) in [4.78, 5) is 4.87. The Morgan fingerprint density at radius 1 is 1.12 bits per heavy atom. The molecule has 202 valence electrons. The van der Waals surface area contributed by atoms with Crippen LogP contribution in [0.25, 0.3) is 16.4 Å². The second kappa shape index (κ2) is 10.9. The van der Waals surface area contributed by atoms with Gasteiger partial charge in [-0.3, -0.25) is 0 Å². The van der Waals surface area contributed by atoms with Crippen LogP contribution in [0.3, 0.4) is 0 Å². The van der Waals surface area contributed by atoms with Crippen LogP contribution in [0.1, 0.15) is 40.1 Å². The predicted molar refractivity (Wildman–Crippen MR) is 157 cm³/mol. The molecule has 11 heteroatoms. The van der Waals surface area contributed by atoms with Crippen LogP contribution in [-0.4, -0.2) is 23.2 Å². The van der Waals surface area contributed by atoms with E-state index in [1.54, 1.807) is 12.3 Å². The number of thiophene rings is 1. The zero-order valence-electron chi connectivity index (χ0n) is 21.0. The van der Waals surface area contributed by atoms with Crippen molar-refractivity contribution in [2.75, 3.05) is 0 Å². The molecular weight excluding hydrogens is 587 g/mol. The van der Waals surface area contributed by atoms with E-state index in [1.807, 2.05) is 46.5 Å². The standard InChI is InChI=1S/C29H22ClFN4O2S3/c30-27-11-9-22(39-27)8-6-18-2-1-3-21(14-18)28-23(15-20-7-10-26(24(31)16-20)40(32,36)37)25(17-19-4-5-19)35(34-28)29-33-12-13-38-29/h1-3,7,9-14,16,19H,4-5,15,17H2,(H2,32,36,37). The summed E-state index contributed by atoms with van der Waals surface area (Å²) in [6.07, 6.45) is 5.21. The molecule has 0 radical (unpaired) electrons. The van der Waals surface area contributed by atoms with Gasteiger partial charge >= 0.3 is 0 Å². The van der Waals surface area contributed by atoms with Gasteiger partial charge in [0, 0.05) is 34.7 Å². The summed E-state index contributed by atoms with van der Waals surface area (Å²) in [5.74, 6) is 6.05. The fourth-order valence-electron chi connectivity index (χ4n) is 4.54. The van der Waals surface area contributed by atoms with E-state index >= 15 is 0 Å². The van der Waals surface area contributed by atoms with Gasteiger partial charge in [0.2, 0.25) is 15.2 Å². The van der Waals surface area contributed by atoms with Crippen molar-refractivity contribution < 1.29 is 12.8 Å². The van der Waals surface area contributed by atoms with E-state index in [9.17, 15) is 12.8 Å². The van der Waals surface area contributed by atoms with Gasteiger partial charge in [0.25, 0.3) is 0 Å². The van der Waals surface area contributed by atoms with Crippen molar-refractivity contribution in [1.82, 2.24) is 14.8 Å². The molecule has 1 fully saturated rings. The van der Waals surface area contributed by atoms with Crippen LogP contribution < -0.4 is 5.14 Å². The van der Waals surface area contributed by atoms with Crippen LogP contribution in [0.2, 0.25) is 4.34 Å². The third kappa shape index (κ3) is 5.89. The molecule has 1 saturated carbocycles. The Balaban J connectivity index is 1.46. The number of sulfonamides is 1. The first-order valence-electron chi connectivity index (χ1n) is 12.4.